The fourth-order valence-electron chi connectivity index (χ4n) is 3.80. The van der Waals surface area contributed by atoms with Crippen LogP contribution in [0, 0.1) is 9.49 Å². The predicted molar refractivity (Wildman–Crippen MR) is 109 cm³/mol. The summed E-state index contributed by atoms with van der Waals surface area (Å²) in [5.74, 6) is 0.857. The van der Waals surface area contributed by atoms with E-state index < -0.39 is 0 Å². The number of fused-ring (bicyclic) bond motifs is 4. The molecule has 1 aromatic heterocycles. The molecule has 4 nitrogen and oxygen atoms in total. The molecule has 0 radical (unpaired) electrons. The lowest BCUT2D eigenvalue weighted by atomic mass is 9.83. The monoisotopic (exact) mass is 451 g/mol. The summed E-state index contributed by atoms with van der Waals surface area (Å²) in [6.07, 6.45) is 1.14. The van der Waals surface area contributed by atoms with Crippen molar-refractivity contribution in [1.29, 1.82) is 0 Å². The van der Waals surface area contributed by atoms with Crippen LogP contribution in [0.5, 0.6) is 0 Å². The number of piperidine rings is 1. The van der Waals surface area contributed by atoms with E-state index in [4.69, 9.17) is 12.2 Å². The Morgan fingerprint density at radius 1 is 1.12 bits per heavy atom. The number of thiocarbonyl (C=S) groups is 1. The molecule has 0 amide bonds. The average Bonchev–Trinajstić information content (AvgIpc) is 2.58. The number of nitrogens with zero attached hydrogens (tertiary/aromatic N) is 2. The molecule has 1 N–H and O–H groups in total. The van der Waals surface area contributed by atoms with E-state index >= 15 is 0 Å². The lowest BCUT2D eigenvalue weighted by molar-refractivity contribution is 0.180. The van der Waals surface area contributed by atoms with Crippen molar-refractivity contribution in [1.82, 2.24) is 9.47 Å². The zero-order valence-electron chi connectivity index (χ0n) is 13.1. The molecule has 3 heterocycles. The number of hydrogen-bond acceptors (Lipinski definition) is 2. The number of pyridine rings is 1. The van der Waals surface area contributed by atoms with Crippen molar-refractivity contribution in [3.63, 3.8) is 0 Å². The van der Waals surface area contributed by atoms with Crippen LogP contribution in [0.25, 0.3) is 0 Å². The SMILES string of the molecule is O=c1cccc2n1C[C@@H]1C[C@@H]2CN(C(=S)Nc2ccc(I)cc2)C1. The number of benzene rings is 1. The largest absolute Gasteiger partial charge is 0.348 e. The predicted octanol–water partition coefficient (Wildman–Crippen LogP) is 3.27. The Morgan fingerprint density at radius 2 is 1.92 bits per heavy atom. The van der Waals surface area contributed by atoms with Gasteiger partial charge >= 0.3 is 0 Å². The maximum absolute atomic E-state index is 12.1. The summed E-state index contributed by atoms with van der Waals surface area (Å²) in [6.45, 7) is 2.58. The zero-order valence-corrected chi connectivity index (χ0v) is 16.1. The zero-order chi connectivity index (χ0) is 16.7. The molecule has 1 fully saturated rings. The van der Waals surface area contributed by atoms with Gasteiger partial charge < -0.3 is 14.8 Å². The highest BCUT2D eigenvalue weighted by Crippen LogP contribution is 2.35. The van der Waals surface area contributed by atoms with Gasteiger partial charge in [-0.25, -0.2) is 0 Å². The lowest BCUT2D eigenvalue weighted by Gasteiger charge is -2.43. The Labute approximate surface area is 160 Å². The molecule has 1 saturated heterocycles. The maximum Gasteiger partial charge on any atom is 0.250 e. The summed E-state index contributed by atoms with van der Waals surface area (Å²) in [7, 11) is 0. The summed E-state index contributed by atoms with van der Waals surface area (Å²) in [5, 5.41) is 4.12. The minimum absolute atomic E-state index is 0.121. The van der Waals surface area contributed by atoms with Crippen LogP contribution in [-0.2, 0) is 6.54 Å². The van der Waals surface area contributed by atoms with Gasteiger partial charge in [-0.3, -0.25) is 4.79 Å². The van der Waals surface area contributed by atoms with Crippen molar-refractivity contribution in [2.24, 2.45) is 5.92 Å². The van der Waals surface area contributed by atoms with E-state index in [-0.39, 0.29) is 5.56 Å². The average molecular weight is 451 g/mol. The summed E-state index contributed by atoms with van der Waals surface area (Å²) < 4.78 is 3.16. The van der Waals surface area contributed by atoms with Crippen molar-refractivity contribution in [2.45, 2.75) is 18.9 Å². The topological polar surface area (TPSA) is 37.3 Å². The summed E-state index contributed by atoms with van der Waals surface area (Å²) >= 11 is 7.93. The van der Waals surface area contributed by atoms with Crippen molar-refractivity contribution in [2.75, 3.05) is 18.4 Å². The van der Waals surface area contributed by atoms with Crippen molar-refractivity contribution >= 4 is 45.6 Å². The van der Waals surface area contributed by atoms with Gasteiger partial charge in [-0.1, -0.05) is 6.07 Å². The third-order valence-electron chi connectivity index (χ3n) is 4.86. The van der Waals surface area contributed by atoms with Gasteiger partial charge in [-0.15, -0.1) is 0 Å². The van der Waals surface area contributed by atoms with Crippen molar-refractivity contribution in [3.8, 4) is 0 Å². The van der Waals surface area contributed by atoms with Gasteiger partial charge in [0, 0.05) is 46.6 Å². The molecule has 2 aliphatic heterocycles. The number of halogens is 1. The Balaban J connectivity index is 1.52. The number of rotatable bonds is 1. The van der Waals surface area contributed by atoms with E-state index in [0.717, 1.165) is 42.5 Å². The van der Waals surface area contributed by atoms with Crippen LogP contribution in [0.3, 0.4) is 0 Å². The van der Waals surface area contributed by atoms with Crippen LogP contribution in [-0.4, -0.2) is 27.7 Å². The van der Waals surface area contributed by atoms with Crippen LogP contribution < -0.4 is 10.9 Å². The number of anilines is 1. The number of likely N-dealkylation sites (tertiary alicyclic amines) is 1. The lowest BCUT2D eigenvalue weighted by Crippen LogP contribution is -2.50. The highest BCUT2D eigenvalue weighted by molar-refractivity contribution is 14.1. The molecule has 2 aliphatic rings. The quantitative estimate of drug-likeness (QED) is 0.534. The minimum atomic E-state index is 0.121. The van der Waals surface area contributed by atoms with Gasteiger partial charge in [-0.2, -0.15) is 0 Å². The number of aromatic nitrogens is 1. The molecular formula is C18H18IN3OS. The molecule has 2 bridgehead atoms. The molecule has 0 spiro atoms. The molecule has 24 heavy (non-hydrogen) atoms. The number of hydrogen-bond donors (Lipinski definition) is 1. The van der Waals surface area contributed by atoms with E-state index in [1.807, 2.05) is 22.8 Å². The van der Waals surface area contributed by atoms with E-state index in [2.05, 4.69) is 51.0 Å². The second-order valence-corrected chi connectivity index (χ2v) is 8.17. The van der Waals surface area contributed by atoms with E-state index in [0.29, 0.717) is 11.8 Å². The molecule has 2 atom stereocenters. The molecule has 4 rings (SSSR count). The van der Waals surface area contributed by atoms with Crippen LogP contribution >= 0.6 is 34.8 Å². The van der Waals surface area contributed by atoms with Gasteiger partial charge in [0.15, 0.2) is 5.11 Å². The highest BCUT2D eigenvalue weighted by Gasteiger charge is 2.35. The fraction of sp³-hybridized carbons (Fsp3) is 0.333. The van der Waals surface area contributed by atoms with Crippen LogP contribution in [0.2, 0.25) is 0 Å². The normalized spacial score (nSPS) is 22.0. The molecule has 0 unspecified atom stereocenters. The first-order chi connectivity index (χ1) is 11.6. The van der Waals surface area contributed by atoms with Gasteiger partial charge in [0.25, 0.3) is 5.56 Å². The van der Waals surface area contributed by atoms with Crippen LogP contribution in [0.15, 0.2) is 47.3 Å². The van der Waals surface area contributed by atoms with Crippen LogP contribution in [0.1, 0.15) is 18.0 Å². The second kappa shape index (κ2) is 6.48. The van der Waals surface area contributed by atoms with Crippen molar-refractivity contribution < 1.29 is 0 Å². The van der Waals surface area contributed by atoms with Gasteiger partial charge in [0.1, 0.15) is 0 Å². The first-order valence-corrected chi connectivity index (χ1v) is 9.60. The highest BCUT2D eigenvalue weighted by atomic mass is 127. The standard InChI is InChI=1S/C18H18IN3OS/c19-14-4-6-15(7-5-14)20-18(24)21-9-12-8-13(11-21)16-2-1-3-17(23)22(16)10-12/h1-7,12-13H,8-11H2,(H,20,24)/t12-,13-/m1/s1. The number of nitrogens with one attached hydrogen (secondary N) is 1. The molecule has 0 saturated carbocycles. The van der Waals surface area contributed by atoms with E-state index in [1.165, 1.54) is 3.57 Å². The second-order valence-electron chi connectivity index (χ2n) is 6.54. The molecule has 1 aromatic carbocycles. The third kappa shape index (κ3) is 3.09. The van der Waals surface area contributed by atoms with Crippen LogP contribution in [0.4, 0.5) is 5.69 Å². The molecule has 2 aromatic rings. The Morgan fingerprint density at radius 3 is 2.71 bits per heavy atom. The van der Waals surface area contributed by atoms with Gasteiger partial charge in [-0.05, 0) is 77.5 Å². The Kier molecular flexibility index (Phi) is 4.34. The Bertz CT molecular complexity index is 833. The molecule has 124 valence electrons. The first kappa shape index (κ1) is 16.1. The van der Waals surface area contributed by atoms with E-state index in [1.54, 1.807) is 6.07 Å². The Hall–Kier alpha value is -1.41. The molecule has 6 heteroatoms. The van der Waals surface area contributed by atoms with E-state index in [9.17, 15) is 4.79 Å². The maximum atomic E-state index is 12.1. The molecular weight excluding hydrogens is 433 g/mol. The summed E-state index contributed by atoms with van der Waals surface area (Å²) in [6, 6.07) is 13.8. The molecule has 0 aliphatic carbocycles. The fourth-order valence-corrected chi connectivity index (χ4v) is 4.42. The minimum Gasteiger partial charge on any atom is -0.348 e. The smallest absolute Gasteiger partial charge is 0.250 e. The van der Waals surface area contributed by atoms with Gasteiger partial charge in [0.2, 0.25) is 0 Å². The first-order valence-electron chi connectivity index (χ1n) is 8.11. The van der Waals surface area contributed by atoms with Gasteiger partial charge in [0.05, 0.1) is 0 Å². The third-order valence-corrected chi connectivity index (χ3v) is 5.94. The van der Waals surface area contributed by atoms with Crippen molar-refractivity contribution in [3.05, 3.63) is 62.1 Å². The summed E-state index contributed by atoms with van der Waals surface area (Å²) in [4.78, 5) is 14.3. The summed E-state index contributed by atoms with van der Waals surface area (Å²) in [5.41, 5.74) is 2.29.